The van der Waals surface area contributed by atoms with Crippen molar-refractivity contribution in [3.05, 3.63) is 35.9 Å². The summed E-state index contributed by atoms with van der Waals surface area (Å²) in [5, 5.41) is 6.19. The maximum atomic E-state index is 11.5. The second kappa shape index (κ2) is 11.0. The van der Waals surface area contributed by atoms with E-state index in [0.717, 1.165) is 26.0 Å². The van der Waals surface area contributed by atoms with Gasteiger partial charge < -0.3 is 20.1 Å². The Bertz CT molecular complexity index is 457. The van der Waals surface area contributed by atoms with Crippen LogP contribution in [0.15, 0.2) is 30.3 Å². The zero-order valence-electron chi connectivity index (χ0n) is 15.4. The quantitative estimate of drug-likeness (QED) is 0.642. The molecule has 0 aromatic heterocycles. The summed E-state index contributed by atoms with van der Waals surface area (Å²) in [5.74, 6) is 0. The molecule has 1 amide bonds. The summed E-state index contributed by atoms with van der Waals surface area (Å²) in [7, 11) is 0. The fourth-order valence-electron chi connectivity index (χ4n) is 2.07. The van der Waals surface area contributed by atoms with Gasteiger partial charge in [-0.25, -0.2) is 4.79 Å². The van der Waals surface area contributed by atoms with Crippen LogP contribution in [0.4, 0.5) is 4.79 Å². The van der Waals surface area contributed by atoms with Gasteiger partial charge in [0.2, 0.25) is 0 Å². The van der Waals surface area contributed by atoms with Crippen molar-refractivity contribution in [3.63, 3.8) is 0 Å². The van der Waals surface area contributed by atoms with Crippen LogP contribution in [0.1, 0.15) is 46.1 Å². The third kappa shape index (κ3) is 11.0. The monoisotopic (exact) mass is 336 g/mol. The summed E-state index contributed by atoms with van der Waals surface area (Å²) in [4.78, 5) is 11.5. The summed E-state index contributed by atoms with van der Waals surface area (Å²) >= 11 is 0. The van der Waals surface area contributed by atoms with E-state index in [-0.39, 0.29) is 6.09 Å². The van der Waals surface area contributed by atoms with Crippen molar-refractivity contribution in [2.24, 2.45) is 0 Å². The van der Waals surface area contributed by atoms with E-state index in [2.05, 4.69) is 29.7 Å². The molecule has 0 bridgehead atoms. The predicted octanol–water partition coefficient (Wildman–Crippen LogP) is 3.49. The van der Waals surface area contributed by atoms with Gasteiger partial charge in [0, 0.05) is 19.2 Å². The van der Waals surface area contributed by atoms with E-state index in [1.54, 1.807) is 0 Å². The van der Waals surface area contributed by atoms with Crippen LogP contribution in [0.3, 0.4) is 0 Å². The Balaban J connectivity index is 1.96. The SMILES string of the molecule is CC(CCOCc1ccccc1)NCCCNC(=O)OC(C)(C)C. The molecule has 0 radical (unpaired) electrons. The smallest absolute Gasteiger partial charge is 0.407 e. The van der Waals surface area contributed by atoms with Gasteiger partial charge in [-0.15, -0.1) is 0 Å². The maximum absolute atomic E-state index is 11.5. The van der Waals surface area contributed by atoms with Crippen molar-refractivity contribution >= 4 is 6.09 Å². The lowest BCUT2D eigenvalue weighted by Gasteiger charge is -2.19. The molecular weight excluding hydrogens is 304 g/mol. The minimum atomic E-state index is -0.448. The topological polar surface area (TPSA) is 59.6 Å². The summed E-state index contributed by atoms with van der Waals surface area (Å²) in [5.41, 5.74) is 0.752. The number of rotatable bonds is 10. The zero-order chi connectivity index (χ0) is 17.8. The molecule has 0 spiro atoms. The van der Waals surface area contributed by atoms with E-state index < -0.39 is 5.60 Å². The molecule has 24 heavy (non-hydrogen) atoms. The highest BCUT2D eigenvalue weighted by molar-refractivity contribution is 5.67. The van der Waals surface area contributed by atoms with Crippen LogP contribution in [0.25, 0.3) is 0 Å². The molecule has 1 atom stereocenters. The van der Waals surface area contributed by atoms with Crippen LogP contribution in [0.2, 0.25) is 0 Å². The van der Waals surface area contributed by atoms with Crippen LogP contribution in [0.5, 0.6) is 0 Å². The van der Waals surface area contributed by atoms with Gasteiger partial charge in [-0.05, 0) is 52.6 Å². The first-order valence-electron chi connectivity index (χ1n) is 8.69. The summed E-state index contributed by atoms with van der Waals surface area (Å²) < 4.78 is 10.9. The third-order valence-corrected chi connectivity index (χ3v) is 3.32. The first kappa shape index (κ1) is 20.5. The molecule has 1 aromatic rings. The first-order valence-corrected chi connectivity index (χ1v) is 8.69. The van der Waals surface area contributed by atoms with E-state index >= 15 is 0 Å². The molecule has 5 nitrogen and oxygen atoms in total. The molecular formula is C19H32N2O3. The fraction of sp³-hybridized carbons (Fsp3) is 0.632. The first-order chi connectivity index (χ1) is 11.4. The van der Waals surface area contributed by atoms with Gasteiger partial charge in [-0.1, -0.05) is 30.3 Å². The largest absolute Gasteiger partial charge is 0.444 e. The van der Waals surface area contributed by atoms with E-state index in [1.165, 1.54) is 5.56 Å². The van der Waals surface area contributed by atoms with Crippen LogP contribution in [-0.4, -0.2) is 37.4 Å². The normalized spacial score (nSPS) is 12.7. The molecule has 0 aliphatic carbocycles. The van der Waals surface area contributed by atoms with E-state index in [4.69, 9.17) is 9.47 Å². The maximum Gasteiger partial charge on any atom is 0.407 e. The Labute approximate surface area is 146 Å². The van der Waals surface area contributed by atoms with Crippen molar-refractivity contribution in [2.45, 2.75) is 58.8 Å². The Kier molecular flexibility index (Phi) is 9.42. The molecule has 1 unspecified atom stereocenters. The Morgan fingerprint density at radius 2 is 1.88 bits per heavy atom. The van der Waals surface area contributed by atoms with Gasteiger partial charge in [0.1, 0.15) is 5.60 Å². The lowest BCUT2D eigenvalue weighted by atomic mass is 10.2. The fourth-order valence-corrected chi connectivity index (χ4v) is 2.07. The van der Waals surface area contributed by atoms with Crippen LogP contribution in [0, 0.1) is 0 Å². The van der Waals surface area contributed by atoms with Crippen molar-refractivity contribution in [1.82, 2.24) is 10.6 Å². The van der Waals surface area contributed by atoms with Crippen LogP contribution in [-0.2, 0) is 16.1 Å². The molecule has 1 rings (SSSR count). The summed E-state index contributed by atoms with van der Waals surface area (Å²) in [6.45, 7) is 10.6. The molecule has 0 saturated carbocycles. The summed E-state index contributed by atoms with van der Waals surface area (Å²) in [6, 6.07) is 10.6. The number of hydrogen-bond donors (Lipinski definition) is 2. The molecule has 136 valence electrons. The highest BCUT2D eigenvalue weighted by atomic mass is 16.6. The number of amides is 1. The van der Waals surface area contributed by atoms with Gasteiger partial charge in [0.25, 0.3) is 0 Å². The average Bonchev–Trinajstić information content (AvgIpc) is 2.50. The second-order valence-electron chi connectivity index (χ2n) is 6.96. The average molecular weight is 336 g/mol. The van der Waals surface area contributed by atoms with Crippen molar-refractivity contribution < 1.29 is 14.3 Å². The number of carbonyl (C=O) groups excluding carboxylic acids is 1. The number of hydrogen-bond acceptors (Lipinski definition) is 4. The highest BCUT2D eigenvalue weighted by Gasteiger charge is 2.15. The number of alkyl carbamates (subject to hydrolysis) is 1. The Morgan fingerprint density at radius 1 is 1.17 bits per heavy atom. The van der Waals surface area contributed by atoms with Crippen LogP contribution >= 0.6 is 0 Å². The third-order valence-electron chi connectivity index (χ3n) is 3.32. The number of ether oxygens (including phenoxy) is 2. The van der Waals surface area contributed by atoms with Gasteiger partial charge >= 0.3 is 6.09 Å². The molecule has 0 heterocycles. The second-order valence-corrected chi connectivity index (χ2v) is 6.96. The van der Waals surface area contributed by atoms with Crippen LogP contribution < -0.4 is 10.6 Å². The minimum Gasteiger partial charge on any atom is -0.444 e. The standard InChI is InChI=1S/C19H32N2O3/c1-16(11-14-23-15-17-9-6-5-7-10-17)20-12-8-13-21-18(22)24-19(2,3)4/h5-7,9-10,16,20H,8,11-15H2,1-4H3,(H,21,22). The van der Waals surface area contributed by atoms with Crippen molar-refractivity contribution in [3.8, 4) is 0 Å². The molecule has 1 aromatic carbocycles. The molecule has 0 fully saturated rings. The molecule has 2 N–H and O–H groups in total. The molecule has 5 heteroatoms. The minimum absolute atomic E-state index is 0.357. The van der Waals surface area contributed by atoms with Crippen molar-refractivity contribution in [1.29, 1.82) is 0 Å². The van der Waals surface area contributed by atoms with E-state index in [0.29, 0.717) is 19.2 Å². The van der Waals surface area contributed by atoms with Gasteiger partial charge in [-0.3, -0.25) is 0 Å². The van der Waals surface area contributed by atoms with Crippen molar-refractivity contribution in [2.75, 3.05) is 19.7 Å². The Morgan fingerprint density at radius 3 is 2.54 bits per heavy atom. The van der Waals surface area contributed by atoms with Gasteiger partial charge in [-0.2, -0.15) is 0 Å². The molecule has 0 aliphatic heterocycles. The highest BCUT2D eigenvalue weighted by Crippen LogP contribution is 2.06. The number of nitrogens with one attached hydrogen (secondary N) is 2. The van der Waals surface area contributed by atoms with Gasteiger partial charge in [0.15, 0.2) is 0 Å². The number of carbonyl (C=O) groups is 1. The Hall–Kier alpha value is -1.59. The van der Waals surface area contributed by atoms with E-state index in [9.17, 15) is 4.79 Å². The van der Waals surface area contributed by atoms with Gasteiger partial charge in [0.05, 0.1) is 6.61 Å². The zero-order valence-corrected chi connectivity index (χ0v) is 15.4. The molecule has 0 saturated heterocycles. The lowest BCUT2D eigenvalue weighted by Crippen LogP contribution is -2.35. The predicted molar refractivity (Wildman–Crippen MR) is 97.0 cm³/mol. The lowest BCUT2D eigenvalue weighted by molar-refractivity contribution is 0.0527. The molecule has 0 aliphatic rings. The van der Waals surface area contributed by atoms with E-state index in [1.807, 2.05) is 39.0 Å². The number of benzene rings is 1. The summed E-state index contributed by atoms with van der Waals surface area (Å²) in [6.07, 6.45) is 1.48.